The molecule has 0 saturated heterocycles. The molecule has 0 aliphatic carbocycles. The maximum Gasteiger partial charge on any atom is 0.280 e. The van der Waals surface area contributed by atoms with Crippen LogP contribution in [0.2, 0.25) is 0 Å². The number of hydrogen-bond donors (Lipinski definition) is 0. The smallest absolute Gasteiger partial charge is 0.278 e. The Morgan fingerprint density at radius 3 is 2.60 bits per heavy atom. The van der Waals surface area contributed by atoms with Crippen molar-refractivity contribution in [1.82, 2.24) is 19.7 Å². The molecule has 3 aromatic heterocycles. The largest absolute Gasteiger partial charge is 0.280 e. The SMILES string of the molecule is Cc1cc2nc(N(Cc3cccnc3)C(=O)c3cc(C)n(C(C)C)n3)sc2cc1C. The summed E-state index contributed by atoms with van der Waals surface area (Å²) in [7, 11) is 0. The summed E-state index contributed by atoms with van der Waals surface area (Å²) < 4.78 is 2.95. The molecular weight excluding hydrogens is 394 g/mol. The molecule has 30 heavy (non-hydrogen) atoms. The minimum Gasteiger partial charge on any atom is -0.278 e. The monoisotopic (exact) mass is 419 g/mol. The fourth-order valence-electron chi connectivity index (χ4n) is 3.44. The van der Waals surface area contributed by atoms with E-state index >= 15 is 0 Å². The number of rotatable bonds is 5. The summed E-state index contributed by atoms with van der Waals surface area (Å²) in [5, 5.41) is 5.23. The average molecular weight is 420 g/mol. The summed E-state index contributed by atoms with van der Waals surface area (Å²) in [5.74, 6) is -0.158. The molecule has 0 spiro atoms. The van der Waals surface area contributed by atoms with Gasteiger partial charge < -0.3 is 0 Å². The highest BCUT2D eigenvalue weighted by Gasteiger charge is 2.25. The lowest BCUT2D eigenvalue weighted by Gasteiger charge is -2.18. The second kappa shape index (κ2) is 7.99. The summed E-state index contributed by atoms with van der Waals surface area (Å²) >= 11 is 1.53. The summed E-state index contributed by atoms with van der Waals surface area (Å²) in [4.78, 5) is 24.2. The molecule has 0 N–H and O–H groups in total. The molecule has 4 rings (SSSR count). The van der Waals surface area contributed by atoms with E-state index in [4.69, 9.17) is 4.98 Å². The number of hydrogen-bond acceptors (Lipinski definition) is 5. The molecule has 0 bridgehead atoms. The van der Waals surface area contributed by atoms with Gasteiger partial charge in [0.25, 0.3) is 5.91 Å². The summed E-state index contributed by atoms with van der Waals surface area (Å²) in [6.45, 7) is 10.6. The number of carbonyl (C=O) groups is 1. The van der Waals surface area contributed by atoms with E-state index in [0.29, 0.717) is 17.4 Å². The zero-order chi connectivity index (χ0) is 21.4. The van der Waals surface area contributed by atoms with E-state index in [0.717, 1.165) is 21.5 Å². The number of thiazole rings is 1. The third-order valence-electron chi connectivity index (χ3n) is 5.16. The van der Waals surface area contributed by atoms with Crippen molar-refractivity contribution in [1.29, 1.82) is 0 Å². The molecule has 0 atom stereocenters. The normalized spacial score (nSPS) is 11.4. The van der Waals surface area contributed by atoms with Gasteiger partial charge in [0.05, 0.1) is 16.8 Å². The van der Waals surface area contributed by atoms with Crippen molar-refractivity contribution in [2.24, 2.45) is 0 Å². The van der Waals surface area contributed by atoms with Crippen LogP contribution in [0.1, 0.15) is 52.8 Å². The Kier molecular flexibility index (Phi) is 5.39. The van der Waals surface area contributed by atoms with Gasteiger partial charge in [0.15, 0.2) is 10.8 Å². The van der Waals surface area contributed by atoms with Crippen LogP contribution in [-0.2, 0) is 6.54 Å². The Hall–Kier alpha value is -3.06. The summed E-state index contributed by atoms with van der Waals surface area (Å²) in [5.41, 5.74) is 5.65. The van der Waals surface area contributed by atoms with E-state index in [1.54, 1.807) is 17.3 Å². The number of amides is 1. The Morgan fingerprint density at radius 2 is 1.93 bits per heavy atom. The zero-order valence-corrected chi connectivity index (χ0v) is 18.7. The highest BCUT2D eigenvalue weighted by atomic mass is 32.1. The number of anilines is 1. The Labute approximate surface area is 180 Å². The standard InChI is InChI=1S/C23H25N5OS/c1-14(2)28-17(5)11-20(26-28)22(29)27(13-18-7-6-8-24-12-18)23-25-19-9-15(3)16(4)10-21(19)30-23/h6-12,14H,13H2,1-5H3. The number of fused-ring (bicyclic) bond motifs is 1. The van der Waals surface area contributed by atoms with Gasteiger partial charge in [-0.25, -0.2) is 4.98 Å². The number of aromatic nitrogens is 4. The molecule has 0 fully saturated rings. The fraction of sp³-hybridized carbons (Fsp3) is 0.304. The Balaban J connectivity index is 1.78. The van der Waals surface area contributed by atoms with Gasteiger partial charge in [0.1, 0.15) is 0 Å². The van der Waals surface area contributed by atoms with E-state index in [2.05, 4.69) is 49.9 Å². The molecule has 4 aromatic rings. The molecule has 0 saturated carbocycles. The lowest BCUT2D eigenvalue weighted by atomic mass is 10.1. The Bertz CT molecular complexity index is 1170. The summed E-state index contributed by atoms with van der Waals surface area (Å²) in [6, 6.07) is 10.1. The van der Waals surface area contributed by atoms with Crippen molar-refractivity contribution in [3.8, 4) is 0 Å². The van der Waals surface area contributed by atoms with Crippen LogP contribution in [0.25, 0.3) is 10.2 Å². The lowest BCUT2D eigenvalue weighted by Crippen LogP contribution is -2.31. The van der Waals surface area contributed by atoms with E-state index in [9.17, 15) is 4.79 Å². The topological polar surface area (TPSA) is 63.9 Å². The first-order valence-corrected chi connectivity index (χ1v) is 10.8. The molecule has 0 unspecified atom stereocenters. The number of nitrogens with zero attached hydrogens (tertiary/aromatic N) is 5. The van der Waals surface area contributed by atoms with Crippen LogP contribution in [0.3, 0.4) is 0 Å². The van der Waals surface area contributed by atoms with Gasteiger partial charge in [-0.1, -0.05) is 17.4 Å². The second-order valence-corrected chi connectivity index (χ2v) is 8.87. The molecule has 1 aromatic carbocycles. The highest BCUT2D eigenvalue weighted by molar-refractivity contribution is 7.22. The maximum absolute atomic E-state index is 13.5. The van der Waals surface area contributed by atoms with Gasteiger partial charge in [-0.05, 0) is 75.6 Å². The predicted octanol–water partition coefficient (Wildman–Crippen LogP) is 5.24. The van der Waals surface area contributed by atoms with Crippen molar-refractivity contribution in [3.63, 3.8) is 0 Å². The van der Waals surface area contributed by atoms with Crippen molar-refractivity contribution >= 4 is 32.6 Å². The lowest BCUT2D eigenvalue weighted by molar-refractivity contribution is 0.0979. The highest BCUT2D eigenvalue weighted by Crippen LogP contribution is 2.32. The number of aryl methyl sites for hydroxylation is 3. The third kappa shape index (κ3) is 3.85. The minimum absolute atomic E-state index is 0.158. The molecule has 3 heterocycles. The fourth-order valence-corrected chi connectivity index (χ4v) is 4.48. The van der Waals surface area contributed by atoms with Gasteiger partial charge in [0.2, 0.25) is 0 Å². The van der Waals surface area contributed by atoms with E-state index < -0.39 is 0 Å². The van der Waals surface area contributed by atoms with Crippen LogP contribution >= 0.6 is 11.3 Å². The average Bonchev–Trinajstić information content (AvgIpc) is 3.30. The van der Waals surface area contributed by atoms with Gasteiger partial charge in [-0.2, -0.15) is 5.10 Å². The van der Waals surface area contributed by atoms with Gasteiger partial charge >= 0.3 is 0 Å². The van der Waals surface area contributed by atoms with E-state index in [-0.39, 0.29) is 11.9 Å². The number of carbonyl (C=O) groups excluding carboxylic acids is 1. The van der Waals surface area contributed by atoms with E-state index in [1.165, 1.54) is 22.5 Å². The first kappa shape index (κ1) is 20.2. The molecule has 0 aliphatic heterocycles. The molecule has 7 heteroatoms. The molecule has 1 amide bonds. The third-order valence-corrected chi connectivity index (χ3v) is 6.20. The maximum atomic E-state index is 13.5. The number of pyridine rings is 1. The zero-order valence-electron chi connectivity index (χ0n) is 17.9. The van der Waals surface area contributed by atoms with Crippen molar-refractivity contribution in [2.75, 3.05) is 4.90 Å². The van der Waals surface area contributed by atoms with E-state index in [1.807, 2.05) is 29.8 Å². The van der Waals surface area contributed by atoms with Crippen LogP contribution in [0, 0.1) is 20.8 Å². The van der Waals surface area contributed by atoms with Crippen LogP contribution in [0.5, 0.6) is 0 Å². The van der Waals surface area contributed by atoms with Crippen molar-refractivity contribution in [2.45, 2.75) is 47.2 Å². The predicted molar refractivity (Wildman–Crippen MR) is 121 cm³/mol. The number of benzene rings is 1. The minimum atomic E-state index is -0.158. The molecular formula is C23H25N5OS. The van der Waals surface area contributed by atoms with Crippen LogP contribution in [-0.4, -0.2) is 25.7 Å². The Morgan fingerprint density at radius 1 is 1.17 bits per heavy atom. The van der Waals surface area contributed by atoms with Crippen molar-refractivity contribution in [3.05, 3.63) is 70.8 Å². The molecule has 0 radical (unpaired) electrons. The molecule has 0 aliphatic rings. The van der Waals surface area contributed by atoms with Crippen LogP contribution < -0.4 is 4.90 Å². The first-order chi connectivity index (χ1) is 14.3. The van der Waals surface area contributed by atoms with Crippen LogP contribution in [0.15, 0.2) is 42.7 Å². The van der Waals surface area contributed by atoms with Gasteiger partial charge in [0, 0.05) is 24.1 Å². The van der Waals surface area contributed by atoms with Gasteiger partial charge in [-0.3, -0.25) is 19.4 Å². The van der Waals surface area contributed by atoms with Gasteiger partial charge in [-0.15, -0.1) is 0 Å². The van der Waals surface area contributed by atoms with Crippen LogP contribution in [0.4, 0.5) is 5.13 Å². The molecule has 154 valence electrons. The summed E-state index contributed by atoms with van der Waals surface area (Å²) in [6.07, 6.45) is 3.51. The molecule has 6 nitrogen and oxygen atoms in total. The quantitative estimate of drug-likeness (QED) is 0.444. The second-order valence-electron chi connectivity index (χ2n) is 7.86. The first-order valence-electron chi connectivity index (χ1n) is 9.98. The van der Waals surface area contributed by atoms with Crippen molar-refractivity contribution < 1.29 is 4.79 Å².